The van der Waals surface area contributed by atoms with E-state index in [0.717, 1.165) is 0 Å². The number of nitrogens with zero attached hydrogens (tertiary/aromatic N) is 1. The summed E-state index contributed by atoms with van der Waals surface area (Å²) in [7, 11) is 0. The van der Waals surface area contributed by atoms with Crippen molar-refractivity contribution >= 4 is 40.7 Å². The predicted octanol–water partition coefficient (Wildman–Crippen LogP) is 2.99. The van der Waals surface area contributed by atoms with Crippen molar-refractivity contribution in [3.05, 3.63) is 73.8 Å². The first kappa shape index (κ1) is 19.7. The fourth-order valence-corrected chi connectivity index (χ4v) is 2.40. The zero-order valence-electron chi connectivity index (χ0n) is 13.5. The van der Waals surface area contributed by atoms with Gasteiger partial charge in [-0.15, -0.1) is 0 Å². The maximum Gasteiger partial charge on any atom is 0.269 e. The summed E-state index contributed by atoms with van der Waals surface area (Å²) in [4.78, 5) is 33.9. The Kier molecular flexibility index (Phi) is 6.94. The number of hydrogen-bond acceptors (Lipinski definition) is 4. The molecule has 2 rings (SSSR count). The molecule has 0 saturated carbocycles. The van der Waals surface area contributed by atoms with Crippen LogP contribution in [-0.2, 0) is 11.2 Å². The molecule has 0 fully saturated rings. The van der Waals surface area contributed by atoms with E-state index in [2.05, 4.69) is 10.6 Å². The molecule has 0 radical (unpaired) electrons. The molecule has 136 valence electrons. The van der Waals surface area contributed by atoms with Crippen LogP contribution >= 0.6 is 23.2 Å². The molecule has 0 heterocycles. The third kappa shape index (κ3) is 5.72. The molecule has 0 aromatic heterocycles. The van der Waals surface area contributed by atoms with Crippen LogP contribution in [0.1, 0.15) is 15.9 Å². The number of benzene rings is 2. The Hall–Kier alpha value is -2.64. The molecule has 26 heavy (non-hydrogen) atoms. The fraction of sp³-hybridized carbons (Fsp3) is 0.176. The highest BCUT2D eigenvalue weighted by Crippen LogP contribution is 2.22. The fourth-order valence-electron chi connectivity index (χ4n) is 2.10. The first-order valence-electron chi connectivity index (χ1n) is 7.60. The molecule has 2 aromatic carbocycles. The van der Waals surface area contributed by atoms with Crippen LogP contribution < -0.4 is 10.6 Å². The summed E-state index contributed by atoms with van der Waals surface area (Å²) in [5.41, 5.74) is 1.00. The van der Waals surface area contributed by atoms with Gasteiger partial charge in [-0.3, -0.25) is 19.7 Å². The smallest absolute Gasteiger partial charge is 0.269 e. The number of nitro groups is 1. The van der Waals surface area contributed by atoms with Crippen molar-refractivity contribution in [3.8, 4) is 0 Å². The van der Waals surface area contributed by atoms with Gasteiger partial charge >= 0.3 is 0 Å². The van der Waals surface area contributed by atoms with Gasteiger partial charge in [0.05, 0.1) is 21.4 Å². The number of non-ortho nitro benzene ring substituents is 1. The van der Waals surface area contributed by atoms with Crippen LogP contribution in [0.5, 0.6) is 0 Å². The SMILES string of the molecule is O=C(Cc1ccc([N+](=O)[O-])cc1)NCCNC(=O)c1ccc(Cl)c(Cl)c1. The van der Waals surface area contributed by atoms with Gasteiger partial charge in [0.1, 0.15) is 0 Å². The molecule has 2 aromatic rings. The molecule has 0 spiro atoms. The minimum Gasteiger partial charge on any atom is -0.354 e. The van der Waals surface area contributed by atoms with Crippen molar-refractivity contribution in [1.29, 1.82) is 0 Å². The van der Waals surface area contributed by atoms with Gasteiger partial charge in [0, 0.05) is 30.8 Å². The first-order chi connectivity index (χ1) is 12.4. The van der Waals surface area contributed by atoms with Crippen LogP contribution in [0.4, 0.5) is 5.69 Å². The van der Waals surface area contributed by atoms with E-state index in [4.69, 9.17) is 23.2 Å². The highest BCUT2D eigenvalue weighted by atomic mass is 35.5. The number of hydrogen-bond donors (Lipinski definition) is 2. The lowest BCUT2D eigenvalue weighted by Crippen LogP contribution is -2.35. The minimum atomic E-state index is -0.500. The molecule has 2 N–H and O–H groups in total. The van der Waals surface area contributed by atoms with E-state index in [0.29, 0.717) is 16.1 Å². The molecule has 7 nitrogen and oxygen atoms in total. The zero-order chi connectivity index (χ0) is 19.1. The number of rotatable bonds is 7. The molecule has 0 unspecified atom stereocenters. The van der Waals surface area contributed by atoms with Gasteiger partial charge in [-0.1, -0.05) is 35.3 Å². The first-order valence-corrected chi connectivity index (χ1v) is 8.35. The lowest BCUT2D eigenvalue weighted by molar-refractivity contribution is -0.384. The maximum atomic E-state index is 12.0. The van der Waals surface area contributed by atoms with Gasteiger partial charge in [-0.25, -0.2) is 0 Å². The number of carbonyl (C=O) groups excluding carboxylic acids is 2. The number of amides is 2. The summed E-state index contributed by atoms with van der Waals surface area (Å²) < 4.78 is 0. The number of carbonyl (C=O) groups is 2. The highest BCUT2D eigenvalue weighted by Gasteiger charge is 2.09. The Morgan fingerprint density at radius 1 is 0.962 bits per heavy atom. The van der Waals surface area contributed by atoms with Crippen molar-refractivity contribution in [2.75, 3.05) is 13.1 Å². The van der Waals surface area contributed by atoms with Gasteiger partial charge in [0.25, 0.3) is 11.6 Å². The molecular formula is C17H15Cl2N3O4. The summed E-state index contributed by atoms with van der Waals surface area (Å²) >= 11 is 11.7. The average Bonchev–Trinajstić information content (AvgIpc) is 2.61. The summed E-state index contributed by atoms with van der Waals surface area (Å²) in [5, 5.41) is 16.5. The Morgan fingerprint density at radius 2 is 1.62 bits per heavy atom. The molecule has 9 heteroatoms. The lowest BCUT2D eigenvalue weighted by Gasteiger charge is -2.08. The molecule has 0 aliphatic rings. The monoisotopic (exact) mass is 395 g/mol. The molecule has 2 amide bonds. The van der Waals surface area contributed by atoms with E-state index in [1.807, 2.05) is 0 Å². The molecule has 0 aliphatic heterocycles. The average molecular weight is 396 g/mol. The second-order valence-corrected chi connectivity index (χ2v) is 6.15. The van der Waals surface area contributed by atoms with Crippen LogP contribution in [0, 0.1) is 10.1 Å². The Bertz CT molecular complexity index is 825. The quantitative estimate of drug-likeness (QED) is 0.427. The van der Waals surface area contributed by atoms with Crippen molar-refractivity contribution in [2.45, 2.75) is 6.42 Å². The largest absolute Gasteiger partial charge is 0.354 e. The van der Waals surface area contributed by atoms with E-state index in [-0.39, 0.29) is 42.0 Å². The molecule has 0 saturated heterocycles. The summed E-state index contributed by atoms with van der Waals surface area (Å²) in [6, 6.07) is 10.3. The van der Waals surface area contributed by atoms with Crippen LogP contribution in [0.25, 0.3) is 0 Å². The lowest BCUT2D eigenvalue weighted by atomic mass is 10.1. The van der Waals surface area contributed by atoms with Crippen LogP contribution in [0.15, 0.2) is 42.5 Å². The third-order valence-corrected chi connectivity index (χ3v) is 4.17. The highest BCUT2D eigenvalue weighted by molar-refractivity contribution is 6.42. The molecule has 0 aliphatic carbocycles. The molecule has 0 bridgehead atoms. The van der Waals surface area contributed by atoms with E-state index in [1.165, 1.54) is 36.4 Å². The van der Waals surface area contributed by atoms with Crippen LogP contribution in [0.3, 0.4) is 0 Å². The Morgan fingerprint density at radius 3 is 2.23 bits per heavy atom. The van der Waals surface area contributed by atoms with Crippen molar-refractivity contribution in [1.82, 2.24) is 10.6 Å². The number of nitrogens with one attached hydrogen (secondary N) is 2. The predicted molar refractivity (Wildman–Crippen MR) is 98.6 cm³/mol. The van der Waals surface area contributed by atoms with Crippen molar-refractivity contribution in [2.24, 2.45) is 0 Å². The van der Waals surface area contributed by atoms with Gasteiger partial charge in [0.15, 0.2) is 0 Å². The van der Waals surface area contributed by atoms with E-state index in [9.17, 15) is 19.7 Å². The van der Waals surface area contributed by atoms with Crippen molar-refractivity contribution < 1.29 is 14.5 Å². The second kappa shape index (κ2) is 9.17. The summed E-state index contributed by atoms with van der Waals surface area (Å²) in [6.45, 7) is 0.490. The van der Waals surface area contributed by atoms with E-state index >= 15 is 0 Å². The van der Waals surface area contributed by atoms with Crippen LogP contribution in [-0.4, -0.2) is 29.8 Å². The normalized spacial score (nSPS) is 10.2. The van der Waals surface area contributed by atoms with Gasteiger partial charge < -0.3 is 10.6 Å². The maximum absolute atomic E-state index is 12.0. The summed E-state index contributed by atoms with van der Waals surface area (Å²) in [6.07, 6.45) is 0.0960. The number of halogens is 2. The van der Waals surface area contributed by atoms with Crippen LogP contribution in [0.2, 0.25) is 10.0 Å². The molecular weight excluding hydrogens is 381 g/mol. The minimum absolute atomic E-state index is 0.0285. The topological polar surface area (TPSA) is 101 Å². The number of nitro benzene ring substituents is 1. The summed E-state index contributed by atoms with van der Waals surface area (Å²) in [5.74, 6) is -0.573. The third-order valence-electron chi connectivity index (χ3n) is 3.43. The Labute approximate surface area is 159 Å². The second-order valence-electron chi connectivity index (χ2n) is 5.34. The van der Waals surface area contributed by atoms with E-state index in [1.54, 1.807) is 6.07 Å². The van der Waals surface area contributed by atoms with Gasteiger partial charge in [0.2, 0.25) is 5.91 Å². The molecule has 0 atom stereocenters. The van der Waals surface area contributed by atoms with Gasteiger partial charge in [-0.05, 0) is 23.8 Å². The van der Waals surface area contributed by atoms with E-state index < -0.39 is 4.92 Å². The van der Waals surface area contributed by atoms with Gasteiger partial charge in [-0.2, -0.15) is 0 Å². The zero-order valence-corrected chi connectivity index (χ0v) is 15.0. The Balaban J connectivity index is 1.73. The van der Waals surface area contributed by atoms with Crippen molar-refractivity contribution in [3.63, 3.8) is 0 Å². The standard InChI is InChI=1S/C17H15Cl2N3O4/c18-14-6-3-12(10-15(14)19)17(24)21-8-7-20-16(23)9-11-1-4-13(5-2-11)22(25)26/h1-6,10H,7-9H2,(H,20,23)(H,21,24).